The van der Waals surface area contributed by atoms with Gasteiger partial charge in [-0.15, -0.1) is 0 Å². The second-order valence-electron chi connectivity index (χ2n) is 6.60. The monoisotopic (exact) mass is 381 g/mol. The highest BCUT2D eigenvalue weighted by Gasteiger charge is 2.08. The molecule has 4 rings (SSSR count). The van der Waals surface area contributed by atoms with Crippen LogP contribution in [0.4, 0.5) is 0 Å². The van der Waals surface area contributed by atoms with E-state index in [0.717, 1.165) is 12.1 Å². The zero-order valence-electron chi connectivity index (χ0n) is 16.4. The first-order valence-corrected chi connectivity index (χ1v) is 9.70. The number of hydrogen-bond acceptors (Lipinski definition) is 3. The summed E-state index contributed by atoms with van der Waals surface area (Å²) in [7, 11) is -1.34. The summed E-state index contributed by atoms with van der Waals surface area (Å²) in [6, 6.07) is 31.7. The normalized spacial score (nSPS) is 10.0. The predicted molar refractivity (Wildman–Crippen MR) is 121 cm³/mol. The molecule has 0 saturated heterocycles. The number of aromatic nitrogens is 1. The molecule has 0 aliphatic carbocycles. The Morgan fingerprint density at radius 1 is 0.724 bits per heavy atom. The minimum Gasteiger partial charge on any atom is -0.423 e. The van der Waals surface area contributed by atoms with E-state index in [2.05, 4.69) is 54.4 Å². The maximum atomic E-state index is 8.58. The Hall–Kier alpha value is -3.21. The summed E-state index contributed by atoms with van der Waals surface area (Å²) in [6.45, 7) is 2.19. The van der Waals surface area contributed by atoms with Crippen LogP contribution in [-0.4, -0.2) is 22.2 Å². The first-order valence-electron chi connectivity index (χ1n) is 9.70. The Labute approximate surface area is 172 Å². The molecule has 1 aromatic heterocycles. The Balaban J connectivity index is 0.000000224. The van der Waals surface area contributed by atoms with E-state index in [-0.39, 0.29) is 0 Å². The van der Waals surface area contributed by atoms with Gasteiger partial charge in [-0.25, -0.2) is 0 Å². The van der Waals surface area contributed by atoms with Crippen molar-refractivity contribution in [1.82, 2.24) is 4.98 Å². The standard InChI is InChI=1S/C19H17N.C6H7BO2/c1-2-15-13-19(17-11-7-4-8-12-17)20-14-18(15)16-9-5-3-6-10-16;8-7(9)6-4-2-1-3-5-6/h3-14H,2H2,1H3;1-5,8-9H. The lowest BCUT2D eigenvalue weighted by atomic mass is 9.81. The van der Waals surface area contributed by atoms with E-state index in [1.54, 1.807) is 24.3 Å². The van der Waals surface area contributed by atoms with E-state index < -0.39 is 7.12 Å². The van der Waals surface area contributed by atoms with Crippen LogP contribution in [-0.2, 0) is 6.42 Å². The minimum atomic E-state index is -1.34. The van der Waals surface area contributed by atoms with Gasteiger partial charge in [-0.3, -0.25) is 4.98 Å². The Morgan fingerprint density at radius 3 is 1.72 bits per heavy atom. The number of pyridine rings is 1. The molecule has 0 spiro atoms. The van der Waals surface area contributed by atoms with Gasteiger partial charge in [0.25, 0.3) is 0 Å². The summed E-state index contributed by atoms with van der Waals surface area (Å²) in [6.07, 6.45) is 3.00. The lowest BCUT2D eigenvalue weighted by Crippen LogP contribution is -2.29. The second kappa shape index (κ2) is 10.4. The van der Waals surface area contributed by atoms with Gasteiger partial charge in [0, 0.05) is 17.3 Å². The van der Waals surface area contributed by atoms with E-state index in [9.17, 15) is 0 Å². The van der Waals surface area contributed by atoms with Crippen LogP contribution < -0.4 is 5.46 Å². The van der Waals surface area contributed by atoms with Crippen molar-refractivity contribution in [2.75, 3.05) is 0 Å². The summed E-state index contributed by atoms with van der Waals surface area (Å²) in [5.74, 6) is 0. The summed E-state index contributed by atoms with van der Waals surface area (Å²) in [5.41, 5.74) is 6.54. The molecular weight excluding hydrogens is 357 g/mol. The van der Waals surface area contributed by atoms with Gasteiger partial charge in [0.05, 0.1) is 5.69 Å². The van der Waals surface area contributed by atoms with Gasteiger partial charge in [0.1, 0.15) is 0 Å². The quantitative estimate of drug-likeness (QED) is 0.517. The molecule has 0 aliphatic heterocycles. The molecule has 1 heterocycles. The molecule has 3 nitrogen and oxygen atoms in total. The van der Waals surface area contributed by atoms with E-state index in [1.165, 1.54) is 22.3 Å². The van der Waals surface area contributed by atoms with Gasteiger partial charge in [-0.05, 0) is 29.1 Å². The van der Waals surface area contributed by atoms with Crippen LogP contribution in [0.15, 0.2) is 103 Å². The van der Waals surface area contributed by atoms with Gasteiger partial charge >= 0.3 is 7.12 Å². The molecule has 0 bridgehead atoms. The third-order valence-corrected chi connectivity index (χ3v) is 4.62. The van der Waals surface area contributed by atoms with Crippen molar-refractivity contribution in [3.63, 3.8) is 0 Å². The zero-order chi connectivity index (χ0) is 20.5. The molecule has 4 heteroatoms. The fourth-order valence-electron chi connectivity index (χ4n) is 3.06. The highest BCUT2D eigenvalue weighted by Crippen LogP contribution is 2.27. The van der Waals surface area contributed by atoms with Gasteiger partial charge in [0.15, 0.2) is 0 Å². The number of aryl methyl sites for hydroxylation is 1. The molecule has 0 atom stereocenters. The minimum absolute atomic E-state index is 0.525. The smallest absolute Gasteiger partial charge is 0.423 e. The summed E-state index contributed by atoms with van der Waals surface area (Å²) in [4.78, 5) is 4.63. The summed E-state index contributed by atoms with van der Waals surface area (Å²) >= 11 is 0. The Bertz CT molecular complexity index is 1010. The molecular formula is C25H24BNO2. The van der Waals surface area contributed by atoms with Crippen LogP contribution in [0.2, 0.25) is 0 Å². The molecule has 0 aliphatic rings. The lowest BCUT2D eigenvalue weighted by Gasteiger charge is -2.10. The van der Waals surface area contributed by atoms with Crippen molar-refractivity contribution in [2.24, 2.45) is 0 Å². The maximum absolute atomic E-state index is 8.58. The number of hydrogen-bond donors (Lipinski definition) is 2. The van der Waals surface area contributed by atoms with Gasteiger partial charge in [-0.1, -0.05) is 97.9 Å². The topological polar surface area (TPSA) is 53.4 Å². The first kappa shape index (κ1) is 20.5. The van der Waals surface area contributed by atoms with Crippen molar-refractivity contribution in [3.05, 3.63) is 109 Å². The Kier molecular flexibility index (Phi) is 7.34. The van der Waals surface area contributed by atoms with Crippen LogP contribution in [0, 0.1) is 0 Å². The van der Waals surface area contributed by atoms with Crippen molar-refractivity contribution in [3.8, 4) is 22.4 Å². The average molecular weight is 381 g/mol. The molecule has 0 saturated carbocycles. The zero-order valence-corrected chi connectivity index (χ0v) is 16.4. The SMILES string of the molecule is CCc1cc(-c2ccccc2)ncc1-c1ccccc1.OB(O)c1ccccc1. The van der Waals surface area contributed by atoms with E-state index in [1.807, 2.05) is 36.5 Å². The second-order valence-corrected chi connectivity index (χ2v) is 6.60. The van der Waals surface area contributed by atoms with Crippen LogP contribution in [0.3, 0.4) is 0 Å². The average Bonchev–Trinajstić information content (AvgIpc) is 2.81. The third-order valence-electron chi connectivity index (χ3n) is 4.62. The van der Waals surface area contributed by atoms with E-state index >= 15 is 0 Å². The van der Waals surface area contributed by atoms with Crippen molar-refractivity contribution < 1.29 is 10.0 Å². The number of nitrogens with zero attached hydrogens (tertiary/aromatic N) is 1. The van der Waals surface area contributed by atoms with Gasteiger partial charge in [-0.2, -0.15) is 0 Å². The molecule has 0 fully saturated rings. The molecule has 29 heavy (non-hydrogen) atoms. The van der Waals surface area contributed by atoms with E-state index in [0.29, 0.717) is 5.46 Å². The number of benzene rings is 3. The van der Waals surface area contributed by atoms with E-state index in [4.69, 9.17) is 10.0 Å². The fourth-order valence-corrected chi connectivity index (χ4v) is 3.06. The maximum Gasteiger partial charge on any atom is 0.488 e. The largest absolute Gasteiger partial charge is 0.488 e. The van der Waals surface area contributed by atoms with Crippen LogP contribution in [0.1, 0.15) is 12.5 Å². The molecule has 4 aromatic rings. The van der Waals surface area contributed by atoms with Crippen LogP contribution in [0.25, 0.3) is 22.4 Å². The fraction of sp³-hybridized carbons (Fsp3) is 0.0800. The first-order chi connectivity index (χ1) is 14.2. The molecule has 144 valence electrons. The third kappa shape index (κ3) is 5.64. The lowest BCUT2D eigenvalue weighted by molar-refractivity contribution is 0.426. The summed E-state index contributed by atoms with van der Waals surface area (Å²) in [5, 5.41) is 17.2. The van der Waals surface area contributed by atoms with Gasteiger partial charge in [0.2, 0.25) is 0 Å². The molecule has 0 radical (unpaired) electrons. The highest BCUT2D eigenvalue weighted by atomic mass is 16.4. The molecule has 3 aromatic carbocycles. The van der Waals surface area contributed by atoms with Gasteiger partial charge < -0.3 is 10.0 Å². The summed E-state index contributed by atoms with van der Waals surface area (Å²) < 4.78 is 0. The van der Waals surface area contributed by atoms with Crippen molar-refractivity contribution in [1.29, 1.82) is 0 Å². The Morgan fingerprint density at radius 2 is 1.24 bits per heavy atom. The molecule has 2 N–H and O–H groups in total. The van der Waals surface area contributed by atoms with Crippen LogP contribution >= 0.6 is 0 Å². The van der Waals surface area contributed by atoms with Crippen LogP contribution in [0.5, 0.6) is 0 Å². The molecule has 0 unspecified atom stereocenters. The number of rotatable bonds is 4. The van der Waals surface area contributed by atoms with Crippen molar-refractivity contribution >= 4 is 12.6 Å². The van der Waals surface area contributed by atoms with Crippen molar-refractivity contribution in [2.45, 2.75) is 13.3 Å². The molecule has 0 amide bonds. The predicted octanol–water partition coefficient (Wildman–Crippen LogP) is 4.34. The highest BCUT2D eigenvalue weighted by molar-refractivity contribution is 6.58.